The average Bonchev–Trinajstić information content (AvgIpc) is 3.08. The van der Waals surface area contributed by atoms with Crippen LogP contribution in [-0.4, -0.2) is 49.3 Å². The van der Waals surface area contributed by atoms with Crippen LogP contribution >= 0.6 is 11.3 Å². The molecule has 19 heavy (non-hydrogen) atoms. The molecule has 1 aromatic rings. The predicted octanol–water partition coefficient (Wildman–Crippen LogP) is 1.83. The van der Waals surface area contributed by atoms with Crippen molar-refractivity contribution in [2.75, 3.05) is 33.4 Å². The van der Waals surface area contributed by atoms with Crippen molar-refractivity contribution in [3.05, 3.63) is 16.6 Å². The number of ether oxygens (including phenoxy) is 1. The largest absolute Gasteiger partial charge is 0.383 e. The van der Waals surface area contributed by atoms with Crippen molar-refractivity contribution in [2.24, 2.45) is 0 Å². The Kier molecular flexibility index (Phi) is 4.17. The third kappa shape index (κ3) is 2.44. The maximum Gasteiger partial charge on any atom is 0.114 e. The van der Waals surface area contributed by atoms with Gasteiger partial charge in [0.2, 0.25) is 0 Å². The molecule has 4 nitrogen and oxygen atoms in total. The van der Waals surface area contributed by atoms with Gasteiger partial charge in [0.25, 0.3) is 0 Å². The molecule has 2 aliphatic rings. The molecule has 0 saturated carbocycles. The summed E-state index contributed by atoms with van der Waals surface area (Å²) in [6.07, 6.45) is 7.10. The Hall–Kier alpha value is -0.490. The summed E-state index contributed by atoms with van der Waals surface area (Å²) in [7, 11) is 1.76. The summed E-state index contributed by atoms with van der Waals surface area (Å²) >= 11 is 1.79. The van der Waals surface area contributed by atoms with Gasteiger partial charge in [0.1, 0.15) is 5.01 Å². The van der Waals surface area contributed by atoms with Gasteiger partial charge in [0.15, 0.2) is 0 Å². The van der Waals surface area contributed by atoms with Crippen LogP contribution in [0.4, 0.5) is 0 Å². The highest BCUT2D eigenvalue weighted by molar-refractivity contribution is 7.09. The molecule has 3 heterocycles. The van der Waals surface area contributed by atoms with E-state index in [0.717, 1.165) is 13.2 Å². The van der Waals surface area contributed by atoms with Crippen LogP contribution in [0.25, 0.3) is 0 Å². The van der Waals surface area contributed by atoms with Crippen molar-refractivity contribution < 1.29 is 4.74 Å². The van der Waals surface area contributed by atoms with Crippen molar-refractivity contribution >= 4 is 11.3 Å². The first-order chi connectivity index (χ1) is 9.37. The molecule has 2 saturated heterocycles. The van der Waals surface area contributed by atoms with E-state index in [-0.39, 0.29) is 5.54 Å². The molecule has 2 atom stereocenters. The van der Waals surface area contributed by atoms with Crippen LogP contribution in [0, 0.1) is 0 Å². The fourth-order valence-electron chi connectivity index (χ4n) is 3.65. The number of nitrogens with one attached hydrogen (secondary N) is 1. The third-order valence-electron chi connectivity index (χ3n) is 4.54. The van der Waals surface area contributed by atoms with E-state index in [9.17, 15) is 0 Å². The van der Waals surface area contributed by atoms with E-state index in [4.69, 9.17) is 4.74 Å². The van der Waals surface area contributed by atoms with Gasteiger partial charge in [0.05, 0.1) is 12.1 Å². The van der Waals surface area contributed by atoms with Gasteiger partial charge in [-0.1, -0.05) is 6.42 Å². The Labute approximate surface area is 119 Å². The molecule has 2 fully saturated rings. The fraction of sp³-hybridized carbons (Fsp3) is 0.786. The monoisotopic (exact) mass is 281 g/mol. The highest BCUT2D eigenvalue weighted by Crippen LogP contribution is 2.42. The summed E-state index contributed by atoms with van der Waals surface area (Å²) in [5, 5.41) is 7.14. The lowest BCUT2D eigenvalue weighted by Crippen LogP contribution is -2.54. The Bertz CT molecular complexity index is 397. The quantitative estimate of drug-likeness (QED) is 0.836. The third-order valence-corrected chi connectivity index (χ3v) is 5.49. The second kappa shape index (κ2) is 5.87. The van der Waals surface area contributed by atoms with Crippen LogP contribution in [0.3, 0.4) is 0 Å². The number of rotatable bonds is 5. The molecule has 2 unspecified atom stereocenters. The van der Waals surface area contributed by atoms with E-state index in [1.54, 1.807) is 18.4 Å². The van der Waals surface area contributed by atoms with Crippen LogP contribution in [-0.2, 0) is 10.3 Å². The lowest BCUT2D eigenvalue weighted by atomic mass is 9.85. The van der Waals surface area contributed by atoms with Crippen molar-refractivity contribution in [2.45, 2.75) is 37.3 Å². The molecule has 5 heteroatoms. The van der Waals surface area contributed by atoms with Crippen molar-refractivity contribution in [1.29, 1.82) is 0 Å². The van der Waals surface area contributed by atoms with Gasteiger partial charge in [-0.3, -0.25) is 4.90 Å². The average molecular weight is 281 g/mol. The first-order valence-corrected chi connectivity index (χ1v) is 8.13. The van der Waals surface area contributed by atoms with Gasteiger partial charge in [-0.2, -0.15) is 0 Å². The molecule has 3 rings (SSSR count). The summed E-state index contributed by atoms with van der Waals surface area (Å²) < 4.78 is 5.21. The molecular weight excluding hydrogens is 258 g/mol. The number of hydrogen-bond donors (Lipinski definition) is 1. The first kappa shape index (κ1) is 13.5. The van der Waals surface area contributed by atoms with Gasteiger partial charge in [-0.15, -0.1) is 11.3 Å². The fourth-order valence-corrected chi connectivity index (χ4v) is 4.55. The van der Waals surface area contributed by atoms with Gasteiger partial charge in [0, 0.05) is 37.8 Å². The number of piperidine rings is 1. The van der Waals surface area contributed by atoms with E-state index in [0.29, 0.717) is 6.04 Å². The minimum atomic E-state index is 0.0626. The number of aromatic nitrogens is 1. The normalized spacial score (nSPS) is 31.5. The predicted molar refractivity (Wildman–Crippen MR) is 77.5 cm³/mol. The molecular formula is C14H23N3OS. The van der Waals surface area contributed by atoms with E-state index >= 15 is 0 Å². The van der Waals surface area contributed by atoms with Crippen molar-refractivity contribution in [3.8, 4) is 0 Å². The van der Waals surface area contributed by atoms with Crippen LogP contribution in [0.15, 0.2) is 11.6 Å². The van der Waals surface area contributed by atoms with Gasteiger partial charge < -0.3 is 10.1 Å². The van der Waals surface area contributed by atoms with Gasteiger partial charge in [-0.25, -0.2) is 4.98 Å². The summed E-state index contributed by atoms with van der Waals surface area (Å²) in [5.41, 5.74) is 0.0626. The number of fused-ring (bicyclic) bond motifs is 1. The lowest BCUT2D eigenvalue weighted by molar-refractivity contribution is 0.124. The second-order valence-corrected chi connectivity index (χ2v) is 6.42. The summed E-state index contributed by atoms with van der Waals surface area (Å²) in [4.78, 5) is 7.29. The van der Waals surface area contributed by atoms with Gasteiger partial charge in [-0.05, 0) is 25.8 Å². The molecule has 1 N–H and O–H groups in total. The molecule has 0 amide bonds. The molecule has 0 spiro atoms. The molecule has 0 bridgehead atoms. The maximum absolute atomic E-state index is 5.21. The highest BCUT2D eigenvalue weighted by Gasteiger charge is 2.50. The zero-order valence-electron chi connectivity index (χ0n) is 11.6. The Balaban J connectivity index is 1.84. The van der Waals surface area contributed by atoms with Gasteiger partial charge >= 0.3 is 0 Å². The van der Waals surface area contributed by atoms with Crippen LogP contribution in [0.2, 0.25) is 0 Å². The maximum atomic E-state index is 5.21. The smallest absolute Gasteiger partial charge is 0.114 e. The van der Waals surface area contributed by atoms with Crippen LogP contribution < -0.4 is 5.32 Å². The zero-order chi connectivity index (χ0) is 13.1. The summed E-state index contributed by atoms with van der Waals surface area (Å²) in [6.45, 7) is 4.12. The number of thiazole rings is 1. The number of methoxy groups -OCH3 is 1. The first-order valence-electron chi connectivity index (χ1n) is 7.25. The Morgan fingerprint density at radius 2 is 2.47 bits per heavy atom. The standard InChI is InChI=1S/C14H23N3OS/c1-18-10-6-16-14(13-15-7-11-19-13)5-9-17-8-3-2-4-12(14)17/h7,11-12,16H,2-6,8-10H2,1H3. The van der Waals surface area contributed by atoms with E-state index < -0.39 is 0 Å². The van der Waals surface area contributed by atoms with E-state index in [1.165, 1.54) is 43.8 Å². The zero-order valence-corrected chi connectivity index (χ0v) is 12.4. The molecule has 0 aromatic carbocycles. The molecule has 1 aromatic heterocycles. The number of hydrogen-bond acceptors (Lipinski definition) is 5. The van der Waals surface area contributed by atoms with Crippen LogP contribution in [0.1, 0.15) is 30.7 Å². The highest BCUT2D eigenvalue weighted by atomic mass is 32.1. The lowest BCUT2D eigenvalue weighted by Gasteiger charge is -2.40. The second-order valence-electron chi connectivity index (χ2n) is 5.53. The van der Waals surface area contributed by atoms with E-state index in [2.05, 4.69) is 20.6 Å². The SMILES string of the molecule is COCCNC1(c2nccs2)CCN2CCCCC21. The topological polar surface area (TPSA) is 37.4 Å². The Morgan fingerprint density at radius 1 is 1.53 bits per heavy atom. The minimum Gasteiger partial charge on any atom is -0.383 e. The summed E-state index contributed by atoms with van der Waals surface area (Å²) in [5.74, 6) is 0. The molecule has 0 aliphatic carbocycles. The van der Waals surface area contributed by atoms with E-state index in [1.807, 2.05) is 6.20 Å². The summed E-state index contributed by atoms with van der Waals surface area (Å²) in [6, 6.07) is 0.615. The Morgan fingerprint density at radius 3 is 3.26 bits per heavy atom. The van der Waals surface area contributed by atoms with Crippen molar-refractivity contribution in [1.82, 2.24) is 15.2 Å². The number of nitrogens with zero attached hydrogens (tertiary/aromatic N) is 2. The molecule has 2 aliphatic heterocycles. The van der Waals surface area contributed by atoms with Crippen molar-refractivity contribution in [3.63, 3.8) is 0 Å². The minimum absolute atomic E-state index is 0.0626. The molecule has 106 valence electrons. The van der Waals surface area contributed by atoms with Crippen LogP contribution in [0.5, 0.6) is 0 Å². The molecule has 0 radical (unpaired) electrons.